The van der Waals surface area contributed by atoms with Crippen LogP contribution in [0.4, 0.5) is 5.69 Å². The first-order chi connectivity index (χ1) is 14.3. The van der Waals surface area contributed by atoms with Crippen LogP contribution >= 0.6 is 11.6 Å². The fraction of sp³-hybridized carbons (Fsp3) is 0.381. The van der Waals surface area contributed by atoms with Crippen LogP contribution in [0.5, 0.6) is 0 Å². The molecule has 0 aliphatic rings. The average molecular weight is 487 g/mol. The Balaban J connectivity index is 2.32. The minimum Gasteiger partial charge on any atom is -0.348 e. The molecule has 2 aromatic carbocycles. The van der Waals surface area contributed by atoms with Crippen molar-refractivity contribution in [2.24, 2.45) is 0 Å². The highest BCUT2D eigenvalue weighted by molar-refractivity contribution is 7.92. The van der Waals surface area contributed by atoms with E-state index < -0.39 is 37.9 Å². The van der Waals surface area contributed by atoms with Crippen LogP contribution in [-0.4, -0.2) is 41.3 Å². The topological polar surface area (TPSA) is 101 Å². The Morgan fingerprint density at radius 3 is 2.10 bits per heavy atom. The highest BCUT2D eigenvalue weighted by atomic mass is 35.5. The number of rotatable bonds is 8. The van der Waals surface area contributed by atoms with Gasteiger partial charge in [0.2, 0.25) is 15.9 Å². The van der Waals surface area contributed by atoms with E-state index >= 15 is 0 Å². The zero-order valence-corrected chi connectivity index (χ0v) is 20.5. The number of nitrogens with zero attached hydrogens (tertiary/aromatic N) is 1. The van der Waals surface area contributed by atoms with Crippen molar-refractivity contribution in [1.82, 2.24) is 5.32 Å². The van der Waals surface area contributed by atoms with Crippen molar-refractivity contribution < 1.29 is 21.6 Å². The summed E-state index contributed by atoms with van der Waals surface area (Å²) >= 11 is 6.18. The molecule has 0 aliphatic carbocycles. The van der Waals surface area contributed by atoms with Gasteiger partial charge in [0.1, 0.15) is 6.04 Å². The summed E-state index contributed by atoms with van der Waals surface area (Å²) in [6.45, 7) is 5.27. The standard InChI is InChI=1S/C21H27ClN2O5S2/c1-6-20(24(31(5,28)29)17-10-7-14(2)19(22)13-17)21(25)23-15(3)16-8-11-18(12-9-16)30(4,26)27/h7-13,15,20H,6H2,1-5H3,(H,23,25)/t15-,20+/m1/s1. The lowest BCUT2D eigenvalue weighted by Crippen LogP contribution is -2.49. The third-order valence-corrected chi connectivity index (χ3v) is 7.62. The van der Waals surface area contributed by atoms with Gasteiger partial charge in [-0.1, -0.05) is 36.7 Å². The molecule has 0 unspecified atom stereocenters. The maximum atomic E-state index is 13.1. The van der Waals surface area contributed by atoms with Gasteiger partial charge in [-0.2, -0.15) is 0 Å². The van der Waals surface area contributed by atoms with Crippen molar-refractivity contribution in [2.45, 2.75) is 44.2 Å². The van der Waals surface area contributed by atoms with Crippen molar-refractivity contribution in [3.8, 4) is 0 Å². The van der Waals surface area contributed by atoms with Crippen molar-refractivity contribution in [3.05, 3.63) is 58.6 Å². The van der Waals surface area contributed by atoms with Crippen LogP contribution in [0.1, 0.15) is 37.4 Å². The monoisotopic (exact) mass is 486 g/mol. The van der Waals surface area contributed by atoms with Crippen LogP contribution in [0.25, 0.3) is 0 Å². The van der Waals surface area contributed by atoms with Crippen LogP contribution in [0, 0.1) is 6.92 Å². The van der Waals surface area contributed by atoms with E-state index in [4.69, 9.17) is 11.6 Å². The number of hydrogen-bond donors (Lipinski definition) is 1. The number of carbonyl (C=O) groups excluding carboxylic acids is 1. The molecular formula is C21H27ClN2O5S2. The maximum Gasteiger partial charge on any atom is 0.244 e. The predicted octanol–water partition coefficient (Wildman–Crippen LogP) is 3.47. The van der Waals surface area contributed by atoms with Gasteiger partial charge in [-0.25, -0.2) is 16.8 Å². The van der Waals surface area contributed by atoms with Crippen molar-refractivity contribution in [2.75, 3.05) is 16.8 Å². The summed E-state index contributed by atoms with van der Waals surface area (Å²) in [5.41, 5.74) is 1.80. The molecule has 0 bridgehead atoms. The van der Waals surface area contributed by atoms with E-state index in [-0.39, 0.29) is 11.3 Å². The minimum absolute atomic E-state index is 0.181. The lowest BCUT2D eigenvalue weighted by molar-refractivity contribution is -0.122. The maximum absolute atomic E-state index is 13.1. The van der Waals surface area contributed by atoms with E-state index in [0.29, 0.717) is 16.3 Å². The number of halogens is 1. The fourth-order valence-corrected chi connectivity index (χ4v) is 5.18. The van der Waals surface area contributed by atoms with E-state index in [9.17, 15) is 21.6 Å². The highest BCUT2D eigenvalue weighted by Gasteiger charge is 2.32. The summed E-state index contributed by atoms with van der Waals surface area (Å²) in [6.07, 6.45) is 2.41. The second-order valence-electron chi connectivity index (χ2n) is 7.49. The molecule has 31 heavy (non-hydrogen) atoms. The van der Waals surface area contributed by atoms with Gasteiger partial charge in [0.15, 0.2) is 9.84 Å². The highest BCUT2D eigenvalue weighted by Crippen LogP contribution is 2.28. The van der Waals surface area contributed by atoms with Crippen LogP contribution in [-0.2, 0) is 24.7 Å². The number of sulfone groups is 1. The first-order valence-corrected chi connectivity index (χ1v) is 13.7. The number of benzene rings is 2. The van der Waals surface area contributed by atoms with Crippen molar-refractivity contribution >= 4 is 43.1 Å². The molecule has 0 saturated heterocycles. The summed E-state index contributed by atoms with van der Waals surface area (Å²) in [6, 6.07) is 9.60. The number of amides is 1. The molecule has 10 heteroatoms. The normalized spacial score (nSPS) is 14.0. The summed E-state index contributed by atoms with van der Waals surface area (Å²) in [5, 5.41) is 3.23. The largest absolute Gasteiger partial charge is 0.348 e. The molecule has 0 heterocycles. The first kappa shape index (κ1) is 25.2. The van der Waals surface area contributed by atoms with Gasteiger partial charge in [-0.05, 0) is 55.7 Å². The fourth-order valence-electron chi connectivity index (χ4n) is 3.18. The molecular weight excluding hydrogens is 460 g/mol. The Morgan fingerprint density at radius 2 is 1.65 bits per heavy atom. The molecule has 1 amide bonds. The number of nitrogens with one attached hydrogen (secondary N) is 1. The molecule has 0 radical (unpaired) electrons. The average Bonchev–Trinajstić information content (AvgIpc) is 2.66. The zero-order valence-electron chi connectivity index (χ0n) is 18.1. The lowest BCUT2D eigenvalue weighted by Gasteiger charge is -2.31. The summed E-state index contributed by atoms with van der Waals surface area (Å²) in [4.78, 5) is 13.2. The molecule has 2 aromatic rings. The molecule has 7 nitrogen and oxygen atoms in total. The lowest BCUT2D eigenvalue weighted by atomic mass is 10.1. The zero-order chi connectivity index (χ0) is 23.6. The number of sulfonamides is 1. The number of carbonyl (C=O) groups is 1. The molecule has 0 spiro atoms. The van der Waals surface area contributed by atoms with Crippen LogP contribution in [0.15, 0.2) is 47.4 Å². The molecule has 2 rings (SSSR count). The first-order valence-electron chi connectivity index (χ1n) is 9.61. The SMILES string of the molecule is CC[C@@H](C(=O)N[C@H](C)c1ccc(S(C)(=O)=O)cc1)N(c1ccc(C)c(Cl)c1)S(C)(=O)=O. The van der Waals surface area contributed by atoms with Gasteiger partial charge < -0.3 is 5.32 Å². The Labute approximate surface area is 189 Å². The van der Waals surface area contributed by atoms with Crippen molar-refractivity contribution in [1.29, 1.82) is 0 Å². The van der Waals surface area contributed by atoms with E-state index in [2.05, 4.69) is 5.32 Å². The molecule has 2 atom stereocenters. The predicted molar refractivity (Wildman–Crippen MR) is 124 cm³/mol. The van der Waals surface area contributed by atoms with E-state index in [0.717, 1.165) is 22.4 Å². The summed E-state index contributed by atoms with van der Waals surface area (Å²) in [5.74, 6) is -0.468. The quantitative estimate of drug-likeness (QED) is 0.615. The Hall–Kier alpha value is -2.10. The van der Waals surface area contributed by atoms with Crippen LogP contribution < -0.4 is 9.62 Å². The third kappa shape index (κ3) is 6.21. The van der Waals surface area contributed by atoms with Gasteiger partial charge in [0.25, 0.3) is 0 Å². The number of aryl methyl sites for hydroxylation is 1. The number of anilines is 1. The van der Waals surface area contributed by atoms with E-state index in [1.54, 1.807) is 45.0 Å². The second-order valence-corrected chi connectivity index (χ2v) is 11.8. The summed E-state index contributed by atoms with van der Waals surface area (Å²) < 4.78 is 49.5. The van der Waals surface area contributed by atoms with Gasteiger partial charge >= 0.3 is 0 Å². The Bertz CT molecular complexity index is 1160. The van der Waals surface area contributed by atoms with Crippen molar-refractivity contribution in [3.63, 3.8) is 0 Å². The van der Waals surface area contributed by atoms with Gasteiger partial charge in [0, 0.05) is 11.3 Å². The molecule has 0 aromatic heterocycles. The van der Waals surface area contributed by atoms with Gasteiger partial charge in [-0.15, -0.1) is 0 Å². The van der Waals surface area contributed by atoms with Gasteiger partial charge in [0.05, 0.1) is 22.9 Å². The van der Waals surface area contributed by atoms with E-state index in [1.807, 2.05) is 0 Å². The summed E-state index contributed by atoms with van der Waals surface area (Å²) in [7, 11) is -7.10. The number of hydrogen-bond acceptors (Lipinski definition) is 5. The molecule has 170 valence electrons. The molecule has 0 fully saturated rings. The Kier molecular flexibility index (Phi) is 7.78. The second kappa shape index (κ2) is 9.58. The van der Waals surface area contributed by atoms with E-state index in [1.165, 1.54) is 18.2 Å². The third-order valence-electron chi connectivity index (χ3n) is 4.91. The molecule has 0 saturated carbocycles. The van der Waals surface area contributed by atoms with Crippen LogP contribution in [0.3, 0.4) is 0 Å². The molecule has 1 N–H and O–H groups in total. The Morgan fingerprint density at radius 1 is 1.06 bits per heavy atom. The smallest absolute Gasteiger partial charge is 0.244 e. The molecule has 0 aliphatic heterocycles. The van der Waals surface area contributed by atoms with Crippen LogP contribution in [0.2, 0.25) is 5.02 Å². The van der Waals surface area contributed by atoms with Gasteiger partial charge in [-0.3, -0.25) is 9.10 Å². The minimum atomic E-state index is -3.78.